The molecule has 3 heterocycles. The van der Waals surface area contributed by atoms with E-state index >= 15 is 0 Å². The van der Waals surface area contributed by atoms with Crippen LogP contribution in [-0.4, -0.2) is 25.0 Å². The smallest absolute Gasteiger partial charge is 0.213 e. The van der Waals surface area contributed by atoms with Gasteiger partial charge in [-0.1, -0.05) is 53.2 Å². The van der Waals surface area contributed by atoms with Gasteiger partial charge in [-0.05, 0) is 49.9 Å². The first-order chi connectivity index (χ1) is 20.9. The molecule has 11 heteroatoms. The van der Waals surface area contributed by atoms with Gasteiger partial charge in [-0.2, -0.15) is 14.9 Å². The molecular formula is C32H27ClFN9. The molecule has 6 rings (SSSR count). The third-order valence-electron chi connectivity index (χ3n) is 7.57. The third-order valence-corrected chi connectivity index (χ3v) is 7.86. The SMILES string of the molecule is Cc1nc(F)ccc1C(Nc1cc(Cl)c2ncc(C#N)c(N[C@H](CCC#N)c3ccccc3)c2c1)c1cn(C2CC2)nn1. The molecule has 1 aliphatic rings. The molecule has 2 atom stereocenters. The van der Waals surface area contributed by atoms with Crippen LogP contribution < -0.4 is 10.6 Å². The molecule has 0 radical (unpaired) electrons. The number of aryl methyl sites for hydroxylation is 1. The van der Waals surface area contributed by atoms with Gasteiger partial charge in [-0.15, -0.1) is 5.10 Å². The van der Waals surface area contributed by atoms with Crippen molar-refractivity contribution in [2.45, 2.75) is 50.7 Å². The normalized spacial score (nSPS) is 14.1. The van der Waals surface area contributed by atoms with Crippen molar-refractivity contribution in [3.05, 3.63) is 106 Å². The van der Waals surface area contributed by atoms with Crippen LogP contribution in [0.3, 0.4) is 0 Å². The summed E-state index contributed by atoms with van der Waals surface area (Å²) in [4.78, 5) is 8.53. The highest BCUT2D eigenvalue weighted by atomic mass is 35.5. The van der Waals surface area contributed by atoms with Gasteiger partial charge in [0.15, 0.2) is 0 Å². The molecule has 1 aliphatic carbocycles. The number of hydrogen-bond acceptors (Lipinski definition) is 8. The number of hydrogen-bond donors (Lipinski definition) is 2. The van der Waals surface area contributed by atoms with Crippen LogP contribution in [0.2, 0.25) is 5.02 Å². The first kappa shape index (κ1) is 28.1. The predicted molar refractivity (Wildman–Crippen MR) is 162 cm³/mol. The monoisotopic (exact) mass is 591 g/mol. The summed E-state index contributed by atoms with van der Waals surface area (Å²) in [5, 5.41) is 36.2. The van der Waals surface area contributed by atoms with Crippen molar-refractivity contribution in [3.8, 4) is 12.1 Å². The molecule has 43 heavy (non-hydrogen) atoms. The number of rotatable bonds is 10. The number of nitriles is 2. The molecule has 1 fully saturated rings. The van der Waals surface area contributed by atoms with E-state index in [1.54, 1.807) is 19.1 Å². The molecule has 0 saturated heterocycles. The Morgan fingerprint density at radius 1 is 1.12 bits per heavy atom. The Morgan fingerprint density at radius 2 is 1.93 bits per heavy atom. The van der Waals surface area contributed by atoms with E-state index < -0.39 is 12.0 Å². The van der Waals surface area contributed by atoms with E-state index in [1.165, 1.54) is 12.3 Å². The maximum Gasteiger partial charge on any atom is 0.213 e. The molecule has 0 aliphatic heterocycles. The second-order valence-electron chi connectivity index (χ2n) is 10.6. The van der Waals surface area contributed by atoms with Gasteiger partial charge in [0.25, 0.3) is 0 Å². The van der Waals surface area contributed by atoms with Gasteiger partial charge in [0.05, 0.1) is 52.2 Å². The van der Waals surface area contributed by atoms with Crippen LogP contribution in [0.5, 0.6) is 0 Å². The van der Waals surface area contributed by atoms with Gasteiger partial charge in [0.2, 0.25) is 5.95 Å². The van der Waals surface area contributed by atoms with Crippen LogP contribution in [0.4, 0.5) is 15.8 Å². The van der Waals surface area contributed by atoms with Crippen LogP contribution in [0, 0.1) is 35.5 Å². The van der Waals surface area contributed by atoms with Gasteiger partial charge in [0, 0.05) is 34.9 Å². The van der Waals surface area contributed by atoms with Crippen molar-refractivity contribution in [1.82, 2.24) is 25.0 Å². The fraction of sp³-hybridized carbons (Fsp3) is 0.250. The van der Waals surface area contributed by atoms with E-state index in [9.17, 15) is 14.9 Å². The predicted octanol–water partition coefficient (Wildman–Crippen LogP) is 7.19. The zero-order valence-corrected chi connectivity index (χ0v) is 24.1. The summed E-state index contributed by atoms with van der Waals surface area (Å²) in [5.74, 6) is -0.564. The Balaban J connectivity index is 1.44. The fourth-order valence-electron chi connectivity index (χ4n) is 5.24. The van der Waals surface area contributed by atoms with E-state index in [4.69, 9.17) is 11.6 Å². The van der Waals surface area contributed by atoms with Crippen LogP contribution in [0.25, 0.3) is 10.9 Å². The lowest BCUT2D eigenvalue weighted by atomic mass is 10.00. The first-order valence-corrected chi connectivity index (χ1v) is 14.3. The lowest BCUT2D eigenvalue weighted by Gasteiger charge is -2.23. The maximum atomic E-state index is 14.0. The summed E-state index contributed by atoms with van der Waals surface area (Å²) in [6.07, 6.45) is 6.39. The number of pyridine rings is 2. The number of nitrogens with zero attached hydrogens (tertiary/aromatic N) is 7. The first-order valence-electron chi connectivity index (χ1n) is 14.0. The Kier molecular flexibility index (Phi) is 7.86. The van der Waals surface area contributed by atoms with Crippen LogP contribution in [0.15, 0.2) is 67.0 Å². The number of halogens is 2. The van der Waals surface area contributed by atoms with Crippen molar-refractivity contribution in [1.29, 1.82) is 10.5 Å². The minimum atomic E-state index is -0.564. The minimum absolute atomic E-state index is 0.230. The molecule has 2 N–H and O–H groups in total. The molecule has 214 valence electrons. The van der Waals surface area contributed by atoms with Gasteiger partial charge < -0.3 is 10.6 Å². The molecule has 9 nitrogen and oxygen atoms in total. The van der Waals surface area contributed by atoms with Crippen LogP contribution in [-0.2, 0) is 0 Å². The zero-order chi connectivity index (χ0) is 29.9. The second kappa shape index (κ2) is 12.0. The van der Waals surface area contributed by atoms with Crippen molar-refractivity contribution < 1.29 is 4.39 Å². The Bertz CT molecular complexity index is 1870. The third kappa shape index (κ3) is 5.97. The van der Waals surface area contributed by atoms with E-state index in [0.29, 0.717) is 63.1 Å². The molecular weight excluding hydrogens is 565 g/mol. The average Bonchev–Trinajstić information content (AvgIpc) is 3.75. The summed E-state index contributed by atoms with van der Waals surface area (Å²) < 4.78 is 15.8. The van der Waals surface area contributed by atoms with E-state index in [2.05, 4.69) is 43.1 Å². The second-order valence-corrected chi connectivity index (χ2v) is 11.0. The minimum Gasteiger partial charge on any atom is -0.377 e. The van der Waals surface area contributed by atoms with Gasteiger partial charge in [-0.3, -0.25) is 4.98 Å². The Labute approximate surface area is 253 Å². The number of nitrogens with one attached hydrogen (secondary N) is 2. The van der Waals surface area contributed by atoms with Gasteiger partial charge >= 0.3 is 0 Å². The topological polar surface area (TPSA) is 128 Å². The summed E-state index contributed by atoms with van der Waals surface area (Å²) in [5.41, 5.74) is 4.99. The summed E-state index contributed by atoms with van der Waals surface area (Å²) >= 11 is 6.80. The Morgan fingerprint density at radius 3 is 2.65 bits per heavy atom. The molecule has 1 saturated carbocycles. The molecule has 1 unspecified atom stereocenters. The van der Waals surface area contributed by atoms with E-state index in [-0.39, 0.29) is 6.04 Å². The number of aromatic nitrogens is 5. The number of anilines is 2. The molecule has 2 aromatic carbocycles. The molecule has 3 aromatic heterocycles. The highest BCUT2D eigenvalue weighted by Gasteiger charge is 2.28. The van der Waals surface area contributed by atoms with Crippen LogP contribution in [0.1, 0.15) is 71.9 Å². The Hall–Kier alpha value is -5.06. The molecule has 0 amide bonds. The standard InChI is InChI=1S/C32H27ClFN9/c1-19-24(11-12-29(34)38-19)32(28-18-43(42-41-28)23-9-10-23)39-22-14-25-30(21(16-36)17-37-31(25)26(33)15-22)40-27(8-5-13-35)20-6-3-2-4-7-20/h2-4,6-7,11-12,14-15,17-18,23,27,32,39H,5,8-10H2,1H3,(H,37,40)/t27-,32?/m1/s1. The molecule has 5 aromatic rings. The lowest BCUT2D eigenvalue weighted by molar-refractivity contribution is 0.577. The lowest BCUT2D eigenvalue weighted by Crippen LogP contribution is -2.16. The molecule has 0 bridgehead atoms. The summed E-state index contributed by atoms with van der Waals surface area (Å²) in [6, 6.07) is 20.5. The fourth-order valence-corrected chi connectivity index (χ4v) is 5.51. The van der Waals surface area contributed by atoms with Gasteiger partial charge in [0.1, 0.15) is 11.8 Å². The highest BCUT2D eigenvalue weighted by molar-refractivity contribution is 6.35. The zero-order valence-electron chi connectivity index (χ0n) is 23.3. The average molecular weight is 592 g/mol. The van der Waals surface area contributed by atoms with Gasteiger partial charge in [-0.25, -0.2) is 9.67 Å². The van der Waals surface area contributed by atoms with Crippen molar-refractivity contribution in [2.24, 2.45) is 0 Å². The van der Waals surface area contributed by atoms with Crippen molar-refractivity contribution in [3.63, 3.8) is 0 Å². The van der Waals surface area contributed by atoms with E-state index in [0.717, 1.165) is 24.0 Å². The van der Waals surface area contributed by atoms with Crippen molar-refractivity contribution in [2.75, 3.05) is 10.6 Å². The number of fused-ring (bicyclic) bond motifs is 1. The summed E-state index contributed by atoms with van der Waals surface area (Å²) in [6.45, 7) is 1.75. The van der Waals surface area contributed by atoms with Crippen LogP contribution >= 0.6 is 11.6 Å². The van der Waals surface area contributed by atoms with Crippen molar-refractivity contribution >= 4 is 33.9 Å². The number of benzene rings is 2. The summed E-state index contributed by atoms with van der Waals surface area (Å²) in [7, 11) is 0. The maximum absolute atomic E-state index is 14.0. The largest absolute Gasteiger partial charge is 0.377 e. The van der Waals surface area contributed by atoms with E-state index in [1.807, 2.05) is 47.3 Å². The quantitative estimate of drug-likeness (QED) is 0.163. The molecule has 0 spiro atoms. The highest BCUT2D eigenvalue weighted by Crippen LogP contribution is 2.39.